The third kappa shape index (κ3) is 6.58. The second kappa shape index (κ2) is 10.2. The second-order valence-corrected chi connectivity index (χ2v) is 12.2. The second-order valence-electron chi connectivity index (χ2n) is 7.75. The van der Waals surface area contributed by atoms with E-state index in [-0.39, 0.29) is 4.90 Å². The maximum atomic E-state index is 12.6. The number of nitrogens with zero attached hydrogens (tertiary/aromatic N) is 1. The van der Waals surface area contributed by atoms with Crippen molar-refractivity contribution in [3.63, 3.8) is 0 Å². The molecule has 11 heteroatoms. The van der Waals surface area contributed by atoms with Gasteiger partial charge in [0.2, 0.25) is 15.9 Å². The number of hydrogen-bond acceptors (Lipinski definition) is 5. The molecule has 0 atom stereocenters. The molecule has 1 amide bonds. The lowest BCUT2D eigenvalue weighted by molar-refractivity contribution is -0.114. The Hall–Kier alpha value is -2.89. The average molecular weight is 566 g/mol. The number of anilines is 3. The lowest BCUT2D eigenvalue weighted by Crippen LogP contribution is -2.37. The number of amides is 1. The number of carbonyl (C=O) groups is 1. The summed E-state index contributed by atoms with van der Waals surface area (Å²) < 4.78 is 54.2. The lowest BCUT2D eigenvalue weighted by Gasteiger charge is -2.22. The molecule has 0 fully saturated rings. The van der Waals surface area contributed by atoms with E-state index in [1.54, 1.807) is 36.4 Å². The smallest absolute Gasteiger partial charge is 0.261 e. The molecule has 180 valence electrons. The summed E-state index contributed by atoms with van der Waals surface area (Å²) in [5.41, 5.74) is 2.88. The van der Waals surface area contributed by atoms with Crippen LogP contribution in [0.25, 0.3) is 0 Å². The third-order valence-corrected chi connectivity index (χ3v) is 8.26. The van der Waals surface area contributed by atoms with E-state index in [1.807, 2.05) is 19.9 Å². The van der Waals surface area contributed by atoms with Gasteiger partial charge < -0.3 is 5.32 Å². The van der Waals surface area contributed by atoms with Gasteiger partial charge in [0.1, 0.15) is 6.54 Å². The van der Waals surface area contributed by atoms with Crippen molar-refractivity contribution in [1.82, 2.24) is 0 Å². The van der Waals surface area contributed by atoms with Gasteiger partial charge in [-0.15, -0.1) is 0 Å². The fraction of sp³-hybridized carbons (Fsp3) is 0.174. The number of benzene rings is 3. The van der Waals surface area contributed by atoms with Crippen molar-refractivity contribution in [1.29, 1.82) is 0 Å². The van der Waals surface area contributed by atoms with Crippen LogP contribution in [0.3, 0.4) is 0 Å². The van der Waals surface area contributed by atoms with Crippen LogP contribution in [0.15, 0.2) is 76.1 Å². The Bertz CT molecular complexity index is 1420. The molecule has 34 heavy (non-hydrogen) atoms. The summed E-state index contributed by atoms with van der Waals surface area (Å²) in [4.78, 5) is 12.6. The molecule has 0 aliphatic heterocycles. The molecular weight excluding hydrogens is 542 g/mol. The Morgan fingerprint density at radius 3 is 2.18 bits per heavy atom. The normalized spacial score (nSPS) is 11.6. The zero-order valence-electron chi connectivity index (χ0n) is 18.7. The van der Waals surface area contributed by atoms with Crippen molar-refractivity contribution in [3.8, 4) is 0 Å². The Kier molecular flexibility index (Phi) is 7.69. The van der Waals surface area contributed by atoms with E-state index in [1.165, 1.54) is 24.3 Å². The highest BCUT2D eigenvalue weighted by atomic mass is 79.9. The minimum atomic E-state index is -3.81. The Morgan fingerprint density at radius 2 is 1.59 bits per heavy atom. The van der Waals surface area contributed by atoms with Crippen molar-refractivity contribution in [2.75, 3.05) is 27.1 Å². The zero-order valence-corrected chi connectivity index (χ0v) is 22.0. The van der Waals surface area contributed by atoms with Crippen LogP contribution < -0.4 is 14.3 Å². The predicted octanol–water partition coefficient (Wildman–Crippen LogP) is 4.27. The fourth-order valence-corrected chi connectivity index (χ4v) is 5.30. The van der Waals surface area contributed by atoms with Crippen molar-refractivity contribution in [2.24, 2.45) is 0 Å². The van der Waals surface area contributed by atoms with Crippen LogP contribution in [0.2, 0.25) is 0 Å². The van der Waals surface area contributed by atoms with Gasteiger partial charge in [-0.05, 0) is 79.6 Å². The van der Waals surface area contributed by atoms with Gasteiger partial charge in [-0.2, -0.15) is 0 Å². The first-order valence-electron chi connectivity index (χ1n) is 10.1. The van der Waals surface area contributed by atoms with Gasteiger partial charge in [0, 0.05) is 15.8 Å². The van der Waals surface area contributed by atoms with Crippen molar-refractivity contribution >= 4 is 58.9 Å². The van der Waals surface area contributed by atoms with Crippen molar-refractivity contribution in [3.05, 3.63) is 82.3 Å². The van der Waals surface area contributed by atoms with Crippen LogP contribution in [0, 0.1) is 13.8 Å². The minimum absolute atomic E-state index is 0.0232. The molecule has 0 bridgehead atoms. The maximum Gasteiger partial charge on any atom is 0.261 e. The summed E-state index contributed by atoms with van der Waals surface area (Å²) in [6.45, 7) is 3.24. The van der Waals surface area contributed by atoms with Gasteiger partial charge in [-0.3, -0.25) is 13.8 Å². The van der Waals surface area contributed by atoms with E-state index in [0.29, 0.717) is 17.1 Å². The van der Waals surface area contributed by atoms with Gasteiger partial charge in [-0.25, -0.2) is 16.8 Å². The highest BCUT2D eigenvalue weighted by Gasteiger charge is 2.22. The first kappa shape index (κ1) is 25.7. The largest absolute Gasteiger partial charge is 0.325 e. The van der Waals surface area contributed by atoms with Crippen LogP contribution in [0.4, 0.5) is 17.1 Å². The fourth-order valence-electron chi connectivity index (χ4n) is 3.16. The molecule has 8 nitrogen and oxygen atoms in total. The summed E-state index contributed by atoms with van der Waals surface area (Å²) in [6.07, 6.45) is 1.03. The number of aryl methyl sites for hydroxylation is 2. The summed E-state index contributed by atoms with van der Waals surface area (Å²) in [6, 6.07) is 17.6. The Balaban J connectivity index is 1.72. The Morgan fingerprint density at radius 1 is 0.912 bits per heavy atom. The quantitative estimate of drug-likeness (QED) is 0.423. The zero-order chi connectivity index (χ0) is 25.1. The molecular formula is C23H24BrN3O5S2. The molecule has 0 saturated heterocycles. The highest BCUT2D eigenvalue weighted by Crippen LogP contribution is 2.25. The molecule has 0 spiro atoms. The maximum absolute atomic E-state index is 12.6. The summed E-state index contributed by atoms with van der Waals surface area (Å²) in [7, 11) is -7.54. The number of halogens is 1. The summed E-state index contributed by atoms with van der Waals surface area (Å²) >= 11 is 3.37. The number of rotatable bonds is 8. The van der Waals surface area contributed by atoms with Crippen LogP contribution in [0.1, 0.15) is 11.1 Å². The number of hydrogen-bond donors (Lipinski definition) is 2. The topological polar surface area (TPSA) is 113 Å². The van der Waals surface area contributed by atoms with Crippen LogP contribution in [-0.4, -0.2) is 35.5 Å². The average Bonchev–Trinajstić information content (AvgIpc) is 2.73. The third-order valence-electron chi connectivity index (χ3n) is 4.84. The minimum Gasteiger partial charge on any atom is -0.325 e. The van der Waals surface area contributed by atoms with E-state index in [9.17, 15) is 21.6 Å². The van der Waals surface area contributed by atoms with Gasteiger partial charge in [0.05, 0.1) is 16.8 Å². The molecule has 0 saturated carbocycles. The SMILES string of the molecule is Cc1cccc(NS(=O)(=O)c2ccc(NC(=O)CN(c3ccc(Br)c(C)c3)S(C)(=O)=O)cc2)c1. The number of sulfonamides is 2. The van der Waals surface area contributed by atoms with E-state index < -0.39 is 32.5 Å². The van der Waals surface area contributed by atoms with Gasteiger partial charge in [-0.1, -0.05) is 28.1 Å². The monoisotopic (exact) mass is 565 g/mol. The predicted molar refractivity (Wildman–Crippen MR) is 138 cm³/mol. The molecule has 0 aliphatic rings. The van der Waals surface area contributed by atoms with Crippen molar-refractivity contribution < 1.29 is 21.6 Å². The van der Waals surface area contributed by atoms with E-state index >= 15 is 0 Å². The first-order chi connectivity index (χ1) is 15.8. The first-order valence-corrected chi connectivity index (χ1v) is 14.2. The molecule has 0 aromatic heterocycles. The number of carbonyl (C=O) groups excluding carboxylic acids is 1. The molecule has 2 N–H and O–H groups in total. The van der Waals surface area contributed by atoms with Crippen LogP contribution in [-0.2, 0) is 24.8 Å². The summed E-state index contributed by atoms with van der Waals surface area (Å²) in [5, 5.41) is 2.61. The van der Waals surface area contributed by atoms with Gasteiger partial charge in [0.15, 0.2) is 0 Å². The number of nitrogens with one attached hydrogen (secondary N) is 2. The molecule has 0 radical (unpaired) electrons. The summed E-state index contributed by atoms with van der Waals surface area (Å²) in [5.74, 6) is -0.570. The van der Waals surface area contributed by atoms with E-state index in [0.717, 1.165) is 26.2 Å². The van der Waals surface area contributed by atoms with Crippen LogP contribution in [0.5, 0.6) is 0 Å². The molecule has 0 unspecified atom stereocenters. The Labute approximate surface area is 208 Å². The molecule has 0 heterocycles. The lowest BCUT2D eigenvalue weighted by atomic mass is 10.2. The van der Waals surface area contributed by atoms with Crippen molar-refractivity contribution in [2.45, 2.75) is 18.7 Å². The molecule has 3 aromatic carbocycles. The molecule has 0 aliphatic carbocycles. The van der Waals surface area contributed by atoms with E-state index in [4.69, 9.17) is 0 Å². The van der Waals surface area contributed by atoms with E-state index in [2.05, 4.69) is 26.0 Å². The van der Waals surface area contributed by atoms with Gasteiger partial charge in [0.25, 0.3) is 10.0 Å². The molecule has 3 rings (SSSR count). The highest BCUT2D eigenvalue weighted by molar-refractivity contribution is 9.10. The van der Waals surface area contributed by atoms with Crippen LogP contribution >= 0.6 is 15.9 Å². The molecule has 3 aromatic rings. The van der Waals surface area contributed by atoms with Gasteiger partial charge >= 0.3 is 0 Å². The standard InChI is InChI=1S/C23H24BrN3O5S2/c1-16-5-4-6-19(13-16)26-34(31,32)21-10-7-18(8-11-21)25-23(28)15-27(33(3,29)30)20-9-12-22(24)17(2)14-20/h4-14,26H,15H2,1-3H3,(H,25,28).